The molecule has 0 radical (unpaired) electrons. The minimum atomic E-state index is -3.59. The van der Waals surface area contributed by atoms with Crippen LogP contribution in [0.15, 0.2) is 23.0 Å². The van der Waals surface area contributed by atoms with Crippen molar-refractivity contribution in [3.8, 4) is 5.69 Å². The van der Waals surface area contributed by atoms with Crippen LogP contribution in [0.25, 0.3) is 5.69 Å². The maximum Gasteiger partial charge on any atom is 0.355 e. The number of anilines is 1. The van der Waals surface area contributed by atoms with E-state index in [0.717, 1.165) is 10.9 Å². The molecular formula is C11H11ClF2N4O3S. The Morgan fingerprint density at radius 2 is 2.00 bits per heavy atom. The van der Waals surface area contributed by atoms with Gasteiger partial charge in [-0.2, -0.15) is 18.6 Å². The highest BCUT2D eigenvalue weighted by Crippen LogP contribution is 2.25. The summed E-state index contributed by atoms with van der Waals surface area (Å²) < 4.78 is 51.2. The molecule has 0 amide bonds. The molecule has 0 saturated heterocycles. The Hall–Kier alpha value is -1.94. The van der Waals surface area contributed by atoms with Crippen molar-refractivity contribution in [2.24, 2.45) is 0 Å². The summed E-state index contributed by atoms with van der Waals surface area (Å²) in [5, 5.41) is 3.83. The lowest BCUT2D eigenvalue weighted by Gasteiger charge is -2.08. The van der Waals surface area contributed by atoms with Gasteiger partial charge in [-0.15, -0.1) is 0 Å². The van der Waals surface area contributed by atoms with Crippen LogP contribution in [0.4, 0.5) is 14.5 Å². The van der Waals surface area contributed by atoms with Crippen molar-refractivity contribution in [1.29, 1.82) is 0 Å². The Bertz CT molecular complexity index is 876. The first-order valence-corrected chi connectivity index (χ1v) is 8.11. The van der Waals surface area contributed by atoms with E-state index in [-0.39, 0.29) is 26.8 Å². The number of hydrogen-bond acceptors (Lipinski definition) is 4. The summed E-state index contributed by atoms with van der Waals surface area (Å²) in [4.78, 5) is 11.9. The van der Waals surface area contributed by atoms with Gasteiger partial charge in [0.2, 0.25) is 10.0 Å². The number of nitrogens with zero attached hydrogens (tertiary/aromatic N) is 3. The second-order valence-electron chi connectivity index (χ2n) is 4.43. The minimum Gasteiger partial charge on any atom is -0.282 e. The maximum absolute atomic E-state index is 12.8. The minimum absolute atomic E-state index is 0.0119. The van der Waals surface area contributed by atoms with Crippen molar-refractivity contribution in [1.82, 2.24) is 14.3 Å². The Kier molecular flexibility index (Phi) is 4.25. The van der Waals surface area contributed by atoms with Gasteiger partial charge < -0.3 is 0 Å². The van der Waals surface area contributed by atoms with Gasteiger partial charge in [0.15, 0.2) is 0 Å². The predicted molar refractivity (Wildman–Crippen MR) is 77.3 cm³/mol. The monoisotopic (exact) mass is 352 g/mol. The zero-order chi connectivity index (χ0) is 16.7. The van der Waals surface area contributed by atoms with Gasteiger partial charge in [0.25, 0.3) is 0 Å². The molecule has 0 aliphatic carbocycles. The molecule has 1 heterocycles. The molecule has 0 atom stereocenters. The van der Waals surface area contributed by atoms with E-state index in [9.17, 15) is 22.0 Å². The van der Waals surface area contributed by atoms with Crippen LogP contribution in [-0.2, 0) is 10.0 Å². The van der Waals surface area contributed by atoms with Gasteiger partial charge in [0.1, 0.15) is 5.82 Å². The zero-order valence-electron chi connectivity index (χ0n) is 11.4. The van der Waals surface area contributed by atoms with Crippen molar-refractivity contribution in [2.45, 2.75) is 13.5 Å². The van der Waals surface area contributed by atoms with Crippen LogP contribution < -0.4 is 10.4 Å². The molecule has 0 fully saturated rings. The van der Waals surface area contributed by atoms with E-state index in [4.69, 9.17) is 11.6 Å². The van der Waals surface area contributed by atoms with Gasteiger partial charge in [-0.05, 0) is 25.1 Å². The van der Waals surface area contributed by atoms with Gasteiger partial charge in [-0.1, -0.05) is 11.6 Å². The number of nitrogens with one attached hydrogen (secondary N) is 1. The van der Waals surface area contributed by atoms with Gasteiger partial charge >= 0.3 is 12.2 Å². The number of benzene rings is 1. The molecule has 0 bridgehead atoms. The third kappa shape index (κ3) is 3.28. The summed E-state index contributed by atoms with van der Waals surface area (Å²) in [6, 6.07) is 3.92. The van der Waals surface area contributed by atoms with E-state index in [1.807, 2.05) is 0 Å². The molecule has 0 aliphatic rings. The third-order valence-electron chi connectivity index (χ3n) is 2.67. The number of alkyl halides is 2. The van der Waals surface area contributed by atoms with Crippen LogP contribution in [0.5, 0.6) is 0 Å². The van der Waals surface area contributed by atoms with Crippen LogP contribution in [0.3, 0.4) is 0 Å². The molecule has 120 valence electrons. The summed E-state index contributed by atoms with van der Waals surface area (Å²) in [7, 11) is -3.59. The van der Waals surface area contributed by atoms with Crippen LogP contribution in [0.2, 0.25) is 5.02 Å². The summed E-state index contributed by atoms with van der Waals surface area (Å²) in [5.41, 5.74) is -0.930. The second kappa shape index (κ2) is 5.69. The summed E-state index contributed by atoms with van der Waals surface area (Å²) >= 11 is 5.86. The van der Waals surface area contributed by atoms with E-state index < -0.39 is 22.3 Å². The van der Waals surface area contributed by atoms with Crippen molar-refractivity contribution in [2.75, 3.05) is 11.0 Å². The van der Waals surface area contributed by atoms with E-state index in [0.29, 0.717) is 0 Å². The molecule has 2 rings (SSSR count). The summed E-state index contributed by atoms with van der Waals surface area (Å²) in [6.07, 6.45) is 0.928. The zero-order valence-corrected chi connectivity index (χ0v) is 13.0. The molecule has 1 aromatic heterocycles. The fourth-order valence-corrected chi connectivity index (χ4v) is 2.58. The van der Waals surface area contributed by atoms with Crippen LogP contribution >= 0.6 is 11.6 Å². The van der Waals surface area contributed by atoms with Crippen molar-refractivity contribution in [3.63, 3.8) is 0 Å². The quantitative estimate of drug-likeness (QED) is 0.908. The molecule has 0 spiro atoms. The molecule has 1 aromatic carbocycles. The number of aromatic nitrogens is 3. The first-order chi connectivity index (χ1) is 10.1. The highest BCUT2D eigenvalue weighted by Gasteiger charge is 2.19. The number of sulfonamides is 1. The number of rotatable bonds is 4. The van der Waals surface area contributed by atoms with Gasteiger partial charge in [0, 0.05) is 0 Å². The lowest BCUT2D eigenvalue weighted by molar-refractivity contribution is 0.0640. The van der Waals surface area contributed by atoms with Gasteiger partial charge in [0.05, 0.1) is 22.7 Å². The topological polar surface area (TPSA) is 86.0 Å². The first-order valence-electron chi connectivity index (χ1n) is 5.84. The van der Waals surface area contributed by atoms with E-state index >= 15 is 0 Å². The van der Waals surface area contributed by atoms with Crippen LogP contribution in [0, 0.1) is 6.92 Å². The Morgan fingerprint density at radius 3 is 2.50 bits per heavy atom. The Morgan fingerprint density at radius 1 is 1.36 bits per heavy atom. The summed E-state index contributed by atoms with van der Waals surface area (Å²) in [5.74, 6) is -0.174. The second-order valence-corrected chi connectivity index (χ2v) is 6.58. The molecule has 22 heavy (non-hydrogen) atoms. The number of aryl methyl sites for hydroxylation is 1. The van der Waals surface area contributed by atoms with E-state index in [2.05, 4.69) is 9.82 Å². The molecule has 7 nitrogen and oxygen atoms in total. The molecular weight excluding hydrogens is 342 g/mol. The Balaban J connectivity index is 2.58. The lowest BCUT2D eigenvalue weighted by Crippen LogP contribution is -2.24. The highest BCUT2D eigenvalue weighted by molar-refractivity contribution is 7.92. The van der Waals surface area contributed by atoms with E-state index in [1.165, 1.54) is 25.1 Å². The molecule has 0 saturated carbocycles. The normalized spacial score (nSPS) is 11.9. The fourth-order valence-electron chi connectivity index (χ4n) is 1.79. The average Bonchev–Trinajstić information content (AvgIpc) is 2.66. The van der Waals surface area contributed by atoms with Crippen molar-refractivity contribution in [3.05, 3.63) is 39.5 Å². The largest absolute Gasteiger partial charge is 0.355 e. The number of hydrogen-bond donors (Lipinski definition) is 1. The highest BCUT2D eigenvalue weighted by atomic mass is 35.5. The van der Waals surface area contributed by atoms with Crippen molar-refractivity contribution < 1.29 is 17.2 Å². The number of halogens is 3. The molecule has 2 aromatic rings. The van der Waals surface area contributed by atoms with Gasteiger partial charge in [-0.3, -0.25) is 4.72 Å². The average molecular weight is 353 g/mol. The maximum atomic E-state index is 12.8. The van der Waals surface area contributed by atoms with E-state index in [1.54, 1.807) is 0 Å². The molecule has 0 aliphatic heterocycles. The standard InChI is InChI=1S/C11H11ClF2N4O3S/c1-6-15-18(11(19)17(6)10(13)14)7-3-4-8(12)9(5-7)16-22(2,20)21/h3-5,10,16H,1-2H3. The van der Waals surface area contributed by atoms with Gasteiger partial charge in [-0.25, -0.2) is 17.8 Å². The fraction of sp³-hybridized carbons (Fsp3) is 0.273. The van der Waals surface area contributed by atoms with Crippen LogP contribution in [-0.4, -0.2) is 29.0 Å². The van der Waals surface area contributed by atoms with Crippen molar-refractivity contribution >= 4 is 27.3 Å². The SMILES string of the molecule is Cc1nn(-c2ccc(Cl)c(NS(C)(=O)=O)c2)c(=O)n1C(F)F. The molecule has 0 unspecified atom stereocenters. The Labute approximate surface area is 129 Å². The third-order valence-corrected chi connectivity index (χ3v) is 3.59. The summed E-state index contributed by atoms with van der Waals surface area (Å²) in [6.45, 7) is -1.77. The lowest BCUT2D eigenvalue weighted by atomic mass is 10.3. The molecule has 11 heteroatoms. The smallest absolute Gasteiger partial charge is 0.282 e. The first kappa shape index (κ1) is 16.4. The predicted octanol–water partition coefficient (Wildman–Crippen LogP) is 1.76. The molecule has 1 N–H and O–H groups in total. The van der Waals surface area contributed by atoms with Crippen LogP contribution in [0.1, 0.15) is 12.4 Å².